The van der Waals surface area contributed by atoms with Crippen LogP contribution in [0.4, 0.5) is 0 Å². The van der Waals surface area contributed by atoms with Gasteiger partial charge in [-0.1, -0.05) is 30.3 Å². The standard InChI is InChI=1S/C20H24O6/c1-12(22)20(11-21)17(16-18(26-20)25-19(2,3)24-16)23-15-9-8-13-6-4-5-7-14(13)10-15/h4-10,12,16-18,21-22H,11H2,1-3H3/t12-,16+,17-,18-,20+/m0/s1. The monoisotopic (exact) mass is 360 g/mol. The summed E-state index contributed by atoms with van der Waals surface area (Å²) < 4.78 is 23.9. The van der Waals surface area contributed by atoms with E-state index in [9.17, 15) is 10.2 Å². The lowest BCUT2D eigenvalue weighted by molar-refractivity contribution is -0.261. The summed E-state index contributed by atoms with van der Waals surface area (Å²) in [6.07, 6.45) is -2.96. The molecule has 0 unspecified atom stereocenters. The van der Waals surface area contributed by atoms with Crippen molar-refractivity contribution in [3.63, 3.8) is 0 Å². The maximum atomic E-state index is 10.3. The normalized spacial score (nSPS) is 34.0. The van der Waals surface area contributed by atoms with Crippen molar-refractivity contribution in [2.24, 2.45) is 0 Å². The molecule has 2 aliphatic rings. The second kappa shape index (κ2) is 6.18. The first-order valence-electron chi connectivity index (χ1n) is 8.82. The minimum Gasteiger partial charge on any atom is -0.484 e. The van der Waals surface area contributed by atoms with Crippen molar-refractivity contribution < 1.29 is 29.2 Å². The van der Waals surface area contributed by atoms with Crippen LogP contribution in [0.5, 0.6) is 5.75 Å². The zero-order valence-electron chi connectivity index (χ0n) is 15.1. The van der Waals surface area contributed by atoms with E-state index in [2.05, 4.69) is 0 Å². The van der Waals surface area contributed by atoms with Crippen molar-refractivity contribution in [3.05, 3.63) is 42.5 Å². The molecule has 4 rings (SSSR count). The van der Waals surface area contributed by atoms with Crippen LogP contribution in [0.3, 0.4) is 0 Å². The third kappa shape index (κ3) is 2.78. The lowest BCUT2D eigenvalue weighted by Crippen LogP contribution is -2.57. The Bertz CT molecular complexity index is 804. The Labute approximate surface area is 152 Å². The maximum Gasteiger partial charge on any atom is 0.192 e. The summed E-state index contributed by atoms with van der Waals surface area (Å²) in [7, 11) is 0. The highest BCUT2D eigenvalue weighted by Gasteiger charge is 2.65. The molecule has 6 heteroatoms. The van der Waals surface area contributed by atoms with Gasteiger partial charge in [-0.3, -0.25) is 0 Å². The zero-order valence-corrected chi connectivity index (χ0v) is 15.1. The molecule has 2 saturated heterocycles. The van der Waals surface area contributed by atoms with Crippen LogP contribution < -0.4 is 4.74 Å². The lowest BCUT2D eigenvalue weighted by atomic mass is 9.90. The number of aliphatic hydroxyl groups excluding tert-OH is 2. The summed E-state index contributed by atoms with van der Waals surface area (Å²) in [5.74, 6) is -0.203. The predicted octanol–water partition coefficient (Wildman–Crippen LogP) is 2.21. The minimum atomic E-state index is -1.32. The summed E-state index contributed by atoms with van der Waals surface area (Å²) in [5.41, 5.74) is -1.32. The molecule has 0 aromatic heterocycles. The topological polar surface area (TPSA) is 77.4 Å². The number of hydrogen-bond acceptors (Lipinski definition) is 6. The van der Waals surface area contributed by atoms with Gasteiger partial charge in [-0.2, -0.15) is 0 Å². The molecular weight excluding hydrogens is 336 g/mol. The van der Waals surface area contributed by atoms with Crippen LogP contribution in [0.1, 0.15) is 20.8 Å². The van der Waals surface area contributed by atoms with Gasteiger partial charge in [-0.05, 0) is 43.7 Å². The first-order valence-corrected chi connectivity index (χ1v) is 8.82. The lowest BCUT2D eigenvalue weighted by Gasteiger charge is -2.37. The van der Waals surface area contributed by atoms with Gasteiger partial charge >= 0.3 is 0 Å². The van der Waals surface area contributed by atoms with Gasteiger partial charge in [0.15, 0.2) is 29.9 Å². The van der Waals surface area contributed by atoms with Gasteiger partial charge in [-0.25, -0.2) is 0 Å². The van der Waals surface area contributed by atoms with E-state index in [1.807, 2.05) is 42.5 Å². The second-order valence-electron chi connectivity index (χ2n) is 7.42. The highest BCUT2D eigenvalue weighted by Crippen LogP contribution is 2.45. The fraction of sp³-hybridized carbons (Fsp3) is 0.500. The second-order valence-corrected chi connectivity index (χ2v) is 7.42. The Hall–Kier alpha value is -1.70. The van der Waals surface area contributed by atoms with Gasteiger partial charge in [0.05, 0.1) is 12.7 Å². The molecule has 2 heterocycles. The molecule has 0 bridgehead atoms. The third-order valence-corrected chi connectivity index (χ3v) is 5.14. The zero-order chi connectivity index (χ0) is 18.5. The third-order valence-electron chi connectivity index (χ3n) is 5.14. The van der Waals surface area contributed by atoms with Gasteiger partial charge in [0, 0.05) is 0 Å². The molecule has 0 amide bonds. The highest BCUT2D eigenvalue weighted by atomic mass is 16.8. The molecular formula is C20H24O6. The largest absolute Gasteiger partial charge is 0.484 e. The summed E-state index contributed by atoms with van der Waals surface area (Å²) >= 11 is 0. The molecule has 0 aliphatic carbocycles. The summed E-state index contributed by atoms with van der Waals surface area (Å²) in [6, 6.07) is 13.7. The van der Waals surface area contributed by atoms with Gasteiger partial charge in [0.2, 0.25) is 0 Å². The van der Waals surface area contributed by atoms with Gasteiger partial charge in [-0.15, -0.1) is 0 Å². The van der Waals surface area contributed by atoms with Crippen LogP contribution >= 0.6 is 0 Å². The number of hydrogen-bond donors (Lipinski definition) is 2. The smallest absolute Gasteiger partial charge is 0.192 e. The number of ether oxygens (including phenoxy) is 4. The molecule has 6 nitrogen and oxygen atoms in total. The Kier molecular flexibility index (Phi) is 4.21. The number of aliphatic hydroxyl groups is 2. The van der Waals surface area contributed by atoms with E-state index in [0.717, 1.165) is 10.8 Å². The molecule has 2 aliphatic heterocycles. The van der Waals surface area contributed by atoms with E-state index in [0.29, 0.717) is 5.75 Å². The van der Waals surface area contributed by atoms with Gasteiger partial charge in [0.1, 0.15) is 5.75 Å². The number of rotatable bonds is 4. The van der Waals surface area contributed by atoms with Crippen molar-refractivity contribution in [1.82, 2.24) is 0 Å². The summed E-state index contributed by atoms with van der Waals surface area (Å²) in [5, 5.41) is 22.5. The van der Waals surface area contributed by atoms with E-state index < -0.39 is 42.6 Å². The summed E-state index contributed by atoms with van der Waals surface area (Å²) in [6.45, 7) is 4.75. The molecule has 5 atom stereocenters. The molecule has 0 radical (unpaired) electrons. The first kappa shape index (κ1) is 17.7. The molecule has 2 fully saturated rings. The first-order chi connectivity index (χ1) is 12.3. The van der Waals surface area contributed by atoms with Crippen LogP contribution in [-0.2, 0) is 14.2 Å². The Morgan fingerprint density at radius 3 is 2.50 bits per heavy atom. The molecule has 2 N–H and O–H groups in total. The predicted molar refractivity (Wildman–Crippen MR) is 94.8 cm³/mol. The average Bonchev–Trinajstić information content (AvgIpc) is 3.05. The van der Waals surface area contributed by atoms with Crippen molar-refractivity contribution in [1.29, 1.82) is 0 Å². The van der Waals surface area contributed by atoms with Gasteiger partial charge < -0.3 is 29.2 Å². The molecule has 2 aromatic rings. The van der Waals surface area contributed by atoms with Crippen molar-refractivity contribution in [2.75, 3.05) is 6.61 Å². The van der Waals surface area contributed by atoms with Crippen LogP contribution in [0.25, 0.3) is 10.8 Å². The minimum absolute atomic E-state index is 0.414. The fourth-order valence-electron chi connectivity index (χ4n) is 3.76. The fourth-order valence-corrected chi connectivity index (χ4v) is 3.76. The SMILES string of the molecule is C[C@H](O)[C@@]1(CO)O[C@@H]2OC(C)(C)O[C@@H]2[C@@H]1Oc1ccc2ccccc2c1. The Balaban J connectivity index is 1.69. The number of fused-ring (bicyclic) bond motifs is 2. The van der Waals surface area contributed by atoms with Crippen LogP contribution in [0.2, 0.25) is 0 Å². The average molecular weight is 360 g/mol. The van der Waals surface area contributed by atoms with Crippen molar-refractivity contribution in [3.8, 4) is 5.75 Å². The number of benzene rings is 2. The molecule has 0 saturated carbocycles. The van der Waals surface area contributed by atoms with Crippen molar-refractivity contribution in [2.45, 2.75) is 56.8 Å². The highest BCUT2D eigenvalue weighted by molar-refractivity contribution is 5.83. The molecule has 2 aromatic carbocycles. The van der Waals surface area contributed by atoms with Crippen LogP contribution in [-0.4, -0.2) is 52.8 Å². The molecule has 140 valence electrons. The Morgan fingerprint density at radius 2 is 1.81 bits per heavy atom. The molecule has 0 spiro atoms. The van der Waals surface area contributed by atoms with Gasteiger partial charge in [0.25, 0.3) is 0 Å². The molecule has 26 heavy (non-hydrogen) atoms. The van der Waals surface area contributed by atoms with E-state index in [1.165, 1.54) is 0 Å². The van der Waals surface area contributed by atoms with E-state index in [4.69, 9.17) is 18.9 Å². The summed E-state index contributed by atoms with van der Waals surface area (Å²) in [4.78, 5) is 0. The maximum absolute atomic E-state index is 10.3. The van der Waals surface area contributed by atoms with E-state index in [-0.39, 0.29) is 0 Å². The van der Waals surface area contributed by atoms with Crippen LogP contribution in [0.15, 0.2) is 42.5 Å². The van der Waals surface area contributed by atoms with Crippen LogP contribution in [0, 0.1) is 0 Å². The van der Waals surface area contributed by atoms with E-state index in [1.54, 1.807) is 20.8 Å². The Morgan fingerprint density at radius 1 is 1.08 bits per heavy atom. The quantitative estimate of drug-likeness (QED) is 0.871. The van der Waals surface area contributed by atoms with Crippen molar-refractivity contribution >= 4 is 10.8 Å². The van der Waals surface area contributed by atoms with E-state index >= 15 is 0 Å².